The number of carbonyl (C=O) groups excluding carboxylic acids is 2. The summed E-state index contributed by atoms with van der Waals surface area (Å²) in [5, 5.41) is 11.4. The maximum atomic E-state index is 11.9. The van der Waals surface area contributed by atoms with Gasteiger partial charge in [0.05, 0.1) is 11.6 Å². The average Bonchev–Trinajstić information content (AvgIpc) is 3.16. The largest absolute Gasteiger partial charge is 0.456 e. The highest BCUT2D eigenvalue weighted by Crippen LogP contribution is 2.49. The Balaban J connectivity index is 1.40. The Morgan fingerprint density at radius 3 is 2.61 bits per heavy atom. The molecule has 5 nitrogen and oxygen atoms in total. The van der Waals surface area contributed by atoms with Crippen LogP contribution in [0.25, 0.3) is 0 Å². The number of benzene rings is 1. The van der Waals surface area contributed by atoms with Crippen LogP contribution in [-0.4, -0.2) is 18.5 Å². The van der Waals surface area contributed by atoms with Crippen LogP contribution in [0.15, 0.2) is 24.3 Å². The van der Waals surface area contributed by atoms with Crippen LogP contribution in [-0.2, 0) is 14.3 Å². The molecule has 0 saturated heterocycles. The second-order valence-corrected chi connectivity index (χ2v) is 6.54. The molecule has 0 aromatic heterocycles. The fraction of sp³-hybridized carbons (Fsp3) is 0.500. The van der Waals surface area contributed by atoms with Crippen molar-refractivity contribution in [3.63, 3.8) is 0 Å². The molecule has 2 fully saturated rings. The van der Waals surface area contributed by atoms with E-state index in [0.29, 0.717) is 29.5 Å². The number of fused-ring (bicyclic) bond motifs is 2. The topological polar surface area (TPSA) is 79.2 Å². The monoisotopic (exact) mass is 312 g/mol. The van der Waals surface area contributed by atoms with Crippen LogP contribution in [0, 0.1) is 29.1 Å². The van der Waals surface area contributed by atoms with Crippen molar-refractivity contribution in [3.8, 4) is 6.07 Å². The minimum absolute atomic E-state index is 0.264. The fourth-order valence-electron chi connectivity index (χ4n) is 3.87. The van der Waals surface area contributed by atoms with Gasteiger partial charge in [0.25, 0.3) is 5.91 Å². The van der Waals surface area contributed by atoms with Crippen LogP contribution < -0.4 is 5.32 Å². The lowest BCUT2D eigenvalue weighted by Gasteiger charge is -2.20. The van der Waals surface area contributed by atoms with Gasteiger partial charge in [-0.15, -0.1) is 0 Å². The quantitative estimate of drug-likeness (QED) is 0.848. The third kappa shape index (κ3) is 3.89. The van der Waals surface area contributed by atoms with Crippen LogP contribution in [0.3, 0.4) is 0 Å². The smallest absolute Gasteiger partial charge is 0.306 e. The molecule has 0 spiro atoms. The van der Waals surface area contributed by atoms with E-state index >= 15 is 0 Å². The molecule has 0 heterocycles. The first-order valence-electron chi connectivity index (χ1n) is 8.09. The van der Waals surface area contributed by atoms with Crippen LogP contribution in [0.4, 0.5) is 5.69 Å². The van der Waals surface area contributed by atoms with Gasteiger partial charge >= 0.3 is 5.97 Å². The molecular weight excluding hydrogens is 292 g/mol. The van der Waals surface area contributed by atoms with Crippen molar-refractivity contribution < 1.29 is 14.3 Å². The Hall–Kier alpha value is -2.35. The zero-order chi connectivity index (χ0) is 16.2. The second-order valence-electron chi connectivity index (χ2n) is 6.54. The SMILES string of the molecule is N#Cc1ccc(NC(=O)COC(=O)C[C@@H]2C[C@H]3CC[C@@H]2C3)cc1. The number of nitriles is 1. The third-order valence-corrected chi connectivity index (χ3v) is 4.98. The van der Waals surface area contributed by atoms with Crippen molar-refractivity contribution in [1.29, 1.82) is 5.26 Å². The molecule has 1 aromatic rings. The number of rotatable bonds is 5. The molecule has 0 unspecified atom stereocenters. The Kier molecular flexibility index (Phi) is 4.61. The number of nitrogens with one attached hydrogen (secondary N) is 1. The number of ether oxygens (including phenoxy) is 1. The zero-order valence-corrected chi connectivity index (χ0v) is 13.0. The standard InChI is InChI=1S/C18H20N2O3/c19-10-12-2-5-16(6-3-12)20-17(21)11-23-18(22)9-15-8-13-1-4-14(15)7-13/h2-3,5-6,13-15H,1,4,7-9,11H2,(H,20,21)/t13-,14+,15-/m0/s1. The number of hydrogen-bond acceptors (Lipinski definition) is 4. The molecule has 2 saturated carbocycles. The van der Waals surface area contributed by atoms with E-state index < -0.39 is 0 Å². The summed E-state index contributed by atoms with van der Waals surface area (Å²) in [5.41, 5.74) is 1.11. The molecule has 23 heavy (non-hydrogen) atoms. The van der Waals surface area contributed by atoms with Gasteiger partial charge in [0, 0.05) is 12.1 Å². The predicted octanol–water partition coefficient (Wildman–Crippen LogP) is 2.87. The summed E-state index contributed by atoms with van der Waals surface area (Å²) in [6, 6.07) is 8.55. The molecule has 2 aliphatic carbocycles. The van der Waals surface area contributed by atoms with Crippen molar-refractivity contribution in [1.82, 2.24) is 0 Å². The molecule has 0 aliphatic heterocycles. The maximum Gasteiger partial charge on any atom is 0.306 e. The summed E-state index contributed by atoms with van der Waals surface area (Å²) >= 11 is 0. The van der Waals surface area contributed by atoms with E-state index in [1.54, 1.807) is 24.3 Å². The molecule has 1 amide bonds. The Bertz CT molecular complexity index is 633. The van der Waals surface area contributed by atoms with Gasteiger partial charge < -0.3 is 10.1 Å². The van der Waals surface area contributed by atoms with Crippen molar-refractivity contribution in [2.24, 2.45) is 17.8 Å². The van der Waals surface area contributed by atoms with Crippen LogP contribution in [0.5, 0.6) is 0 Å². The van der Waals surface area contributed by atoms with Gasteiger partial charge in [-0.2, -0.15) is 5.26 Å². The molecule has 3 rings (SSSR count). The van der Waals surface area contributed by atoms with Crippen molar-refractivity contribution in [3.05, 3.63) is 29.8 Å². The highest BCUT2D eigenvalue weighted by Gasteiger charge is 2.40. The fourth-order valence-corrected chi connectivity index (χ4v) is 3.87. The van der Waals surface area contributed by atoms with Gasteiger partial charge in [0.1, 0.15) is 0 Å². The van der Waals surface area contributed by atoms with Crippen molar-refractivity contribution in [2.75, 3.05) is 11.9 Å². The highest BCUT2D eigenvalue weighted by molar-refractivity contribution is 5.92. The third-order valence-electron chi connectivity index (χ3n) is 4.98. The number of nitrogens with zero attached hydrogens (tertiary/aromatic N) is 1. The molecule has 1 aromatic carbocycles. The van der Waals surface area contributed by atoms with Gasteiger partial charge in [-0.1, -0.05) is 6.42 Å². The number of hydrogen-bond donors (Lipinski definition) is 1. The van der Waals surface area contributed by atoms with Gasteiger partial charge in [0.2, 0.25) is 0 Å². The molecule has 3 atom stereocenters. The summed E-state index contributed by atoms with van der Waals surface area (Å²) in [7, 11) is 0. The molecule has 2 aliphatic rings. The number of anilines is 1. The zero-order valence-electron chi connectivity index (χ0n) is 13.0. The van der Waals surface area contributed by atoms with Gasteiger partial charge in [-0.25, -0.2) is 0 Å². The van der Waals surface area contributed by atoms with Crippen LogP contribution >= 0.6 is 0 Å². The van der Waals surface area contributed by atoms with E-state index in [4.69, 9.17) is 10.00 Å². The number of amides is 1. The lowest BCUT2D eigenvalue weighted by molar-refractivity contribution is -0.148. The van der Waals surface area contributed by atoms with E-state index in [2.05, 4.69) is 5.32 Å². The van der Waals surface area contributed by atoms with Crippen LogP contribution in [0.2, 0.25) is 0 Å². The summed E-state index contributed by atoms with van der Waals surface area (Å²) in [4.78, 5) is 23.7. The minimum atomic E-state index is -0.365. The number of carbonyl (C=O) groups is 2. The van der Waals surface area contributed by atoms with Gasteiger partial charge in [-0.05, 0) is 61.3 Å². The van der Waals surface area contributed by atoms with Crippen molar-refractivity contribution >= 4 is 17.6 Å². The Labute approximate surface area is 135 Å². The van der Waals surface area contributed by atoms with Gasteiger partial charge in [-0.3, -0.25) is 9.59 Å². The van der Waals surface area contributed by atoms with Crippen molar-refractivity contribution in [2.45, 2.75) is 32.1 Å². The summed E-state index contributed by atoms with van der Waals surface area (Å²) in [6.45, 7) is -0.264. The van der Waals surface area contributed by atoms with E-state index in [9.17, 15) is 9.59 Å². The molecule has 0 radical (unpaired) electrons. The predicted molar refractivity (Wildman–Crippen MR) is 84.3 cm³/mol. The van der Waals surface area contributed by atoms with E-state index in [0.717, 1.165) is 12.3 Å². The first-order valence-corrected chi connectivity index (χ1v) is 8.09. The lowest BCUT2D eigenvalue weighted by Crippen LogP contribution is -2.23. The minimum Gasteiger partial charge on any atom is -0.456 e. The molecule has 120 valence electrons. The molecule has 1 N–H and O–H groups in total. The molecular formula is C18H20N2O3. The average molecular weight is 312 g/mol. The summed E-state index contributed by atoms with van der Waals surface area (Å²) in [6.07, 6.45) is 5.38. The first kappa shape index (κ1) is 15.5. The lowest BCUT2D eigenvalue weighted by atomic mass is 9.86. The van der Waals surface area contributed by atoms with E-state index in [1.807, 2.05) is 6.07 Å². The Morgan fingerprint density at radius 1 is 1.22 bits per heavy atom. The first-order chi connectivity index (χ1) is 11.1. The molecule has 5 heteroatoms. The van der Waals surface area contributed by atoms with Gasteiger partial charge in [0.15, 0.2) is 6.61 Å². The Morgan fingerprint density at radius 2 is 2.00 bits per heavy atom. The van der Waals surface area contributed by atoms with Crippen LogP contribution in [0.1, 0.15) is 37.7 Å². The number of esters is 1. The summed E-state index contributed by atoms with van der Waals surface area (Å²) < 4.78 is 5.09. The molecule has 2 bridgehead atoms. The maximum absolute atomic E-state index is 11.9. The second kappa shape index (κ2) is 6.82. The summed E-state index contributed by atoms with van der Waals surface area (Å²) in [5.74, 6) is 1.29. The highest BCUT2D eigenvalue weighted by atomic mass is 16.5. The van der Waals surface area contributed by atoms with E-state index in [1.165, 1.54) is 19.3 Å². The van der Waals surface area contributed by atoms with E-state index in [-0.39, 0.29) is 18.5 Å². The normalized spacial score (nSPS) is 24.9.